The molecule has 0 unspecified atom stereocenters. The third-order valence-corrected chi connectivity index (χ3v) is 5.97. The first-order valence-corrected chi connectivity index (χ1v) is 8.91. The Labute approximate surface area is 138 Å². The number of amides is 1. The van der Waals surface area contributed by atoms with Crippen LogP contribution in [0.15, 0.2) is 22.4 Å². The molecular weight excluding hydrogens is 312 g/mol. The Bertz CT molecular complexity index is 799. The zero-order chi connectivity index (χ0) is 16.0. The van der Waals surface area contributed by atoms with Gasteiger partial charge in [0.1, 0.15) is 0 Å². The number of rotatable bonds is 3. The molecule has 23 heavy (non-hydrogen) atoms. The summed E-state index contributed by atoms with van der Waals surface area (Å²) in [5, 5.41) is 4.85. The van der Waals surface area contributed by atoms with Crippen molar-refractivity contribution in [3.63, 3.8) is 0 Å². The van der Waals surface area contributed by atoms with Gasteiger partial charge in [-0.1, -0.05) is 0 Å². The highest BCUT2D eigenvalue weighted by molar-refractivity contribution is 7.15. The topological polar surface area (TPSA) is 66.7 Å². The molecule has 2 aliphatic rings. The fraction of sp³-hybridized carbons (Fsp3) is 0.562. The van der Waals surface area contributed by atoms with Crippen LogP contribution in [0.3, 0.4) is 0 Å². The van der Waals surface area contributed by atoms with Crippen LogP contribution in [0.4, 0.5) is 0 Å². The number of carbonyl (C=O) groups excluding carboxylic acids is 1. The smallest absolute Gasteiger partial charge is 0.258 e. The summed E-state index contributed by atoms with van der Waals surface area (Å²) in [6, 6.07) is 2.09. The number of piperidine rings is 1. The van der Waals surface area contributed by atoms with Crippen LogP contribution in [-0.2, 0) is 11.3 Å². The lowest BCUT2D eigenvalue weighted by Crippen LogP contribution is -2.38. The summed E-state index contributed by atoms with van der Waals surface area (Å²) in [4.78, 5) is 31.2. The van der Waals surface area contributed by atoms with Crippen molar-refractivity contribution < 1.29 is 4.79 Å². The van der Waals surface area contributed by atoms with Gasteiger partial charge >= 0.3 is 0 Å². The molecule has 1 N–H and O–H groups in total. The van der Waals surface area contributed by atoms with Crippen LogP contribution in [-0.4, -0.2) is 39.8 Å². The van der Waals surface area contributed by atoms with Gasteiger partial charge in [0.15, 0.2) is 4.96 Å². The Balaban J connectivity index is 1.48. The number of nitrogens with one attached hydrogen (secondary N) is 1. The summed E-state index contributed by atoms with van der Waals surface area (Å²) >= 11 is 1.48. The maximum Gasteiger partial charge on any atom is 0.258 e. The van der Waals surface area contributed by atoms with Crippen molar-refractivity contribution in [3.8, 4) is 0 Å². The van der Waals surface area contributed by atoms with Gasteiger partial charge < -0.3 is 5.32 Å². The molecule has 3 heterocycles. The van der Waals surface area contributed by atoms with Crippen LogP contribution in [0.5, 0.6) is 0 Å². The predicted octanol–water partition coefficient (Wildman–Crippen LogP) is 1.10. The first-order valence-electron chi connectivity index (χ1n) is 8.03. The SMILES string of the molecule is CN(Cc1cc(=O)n2ccsc2n1)[C@H]1C[C@H]2CNC(=O)C[C@H]2C1. The average molecular weight is 332 g/mol. The van der Waals surface area contributed by atoms with E-state index in [1.807, 2.05) is 5.38 Å². The minimum Gasteiger partial charge on any atom is -0.356 e. The van der Waals surface area contributed by atoms with Crippen LogP contribution in [0, 0.1) is 11.8 Å². The molecule has 4 rings (SSSR count). The van der Waals surface area contributed by atoms with Gasteiger partial charge in [-0.25, -0.2) is 4.98 Å². The number of thiazole rings is 1. The lowest BCUT2D eigenvalue weighted by atomic mass is 9.89. The highest BCUT2D eigenvalue weighted by atomic mass is 32.1. The normalized spacial score (nSPS) is 27.4. The summed E-state index contributed by atoms with van der Waals surface area (Å²) in [7, 11) is 2.09. The van der Waals surface area contributed by atoms with E-state index < -0.39 is 0 Å². The lowest BCUT2D eigenvalue weighted by molar-refractivity contribution is -0.124. The van der Waals surface area contributed by atoms with Crippen molar-refractivity contribution in [1.82, 2.24) is 19.6 Å². The largest absolute Gasteiger partial charge is 0.356 e. The monoisotopic (exact) mass is 332 g/mol. The maximum atomic E-state index is 12.1. The second-order valence-electron chi connectivity index (χ2n) is 6.71. The summed E-state index contributed by atoms with van der Waals surface area (Å²) in [6.07, 6.45) is 4.60. The minimum atomic E-state index is -0.0189. The number of aromatic nitrogens is 2. The van der Waals surface area contributed by atoms with Gasteiger partial charge in [0, 0.05) is 43.2 Å². The molecule has 0 spiro atoms. The lowest BCUT2D eigenvalue weighted by Gasteiger charge is -2.24. The van der Waals surface area contributed by atoms with Crippen LogP contribution in [0.1, 0.15) is 25.0 Å². The highest BCUT2D eigenvalue weighted by Gasteiger charge is 2.39. The third kappa shape index (κ3) is 2.79. The van der Waals surface area contributed by atoms with E-state index in [0.717, 1.165) is 30.0 Å². The molecule has 1 aliphatic heterocycles. The summed E-state index contributed by atoms with van der Waals surface area (Å²) in [6.45, 7) is 1.49. The van der Waals surface area contributed by atoms with E-state index >= 15 is 0 Å². The Kier molecular flexibility index (Phi) is 3.69. The van der Waals surface area contributed by atoms with Gasteiger partial charge in [0.05, 0.1) is 5.69 Å². The van der Waals surface area contributed by atoms with E-state index in [4.69, 9.17) is 0 Å². The molecule has 2 fully saturated rings. The average Bonchev–Trinajstić information content (AvgIpc) is 3.13. The van der Waals surface area contributed by atoms with Crippen molar-refractivity contribution in [3.05, 3.63) is 33.7 Å². The quantitative estimate of drug-likeness (QED) is 0.914. The Morgan fingerprint density at radius 1 is 1.39 bits per heavy atom. The van der Waals surface area contributed by atoms with Crippen molar-refractivity contribution in [2.45, 2.75) is 31.8 Å². The Hall–Kier alpha value is -1.73. The van der Waals surface area contributed by atoms with Crippen LogP contribution >= 0.6 is 11.3 Å². The summed E-state index contributed by atoms with van der Waals surface area (Å²) in [5.74, 6) is 1.29. The molecule has 1 saturated carbocycles. The summed E-state index contributed by atoms with van der Waals surface area (Å²) in [5.41, 5.74) is 0.804. The zero-order valence-corrected chi connectivity index (χ0v) is 13.9. The second kappa shape index (κ2) is 5.72. The first-order chi connectivity index (χ1) is 11.1. The molecule has 1 saturated heterocycles. The van der Waals surface area contributed by atoms with Crippen molar-refractivity contribution >= 4 is 22.2 Å². The van der Waals surface area contributed by atoms with E-state index in [2.05, 4.69) is 22.2 Å². The van der Waals surface area contributed by atoms with Crippen LogP contribution in [0.2, 0.25) is 0 Å². The summed E-state index contributed by atoms with van der Waals surface area (Å²) < 4.78 is 1.58. The van der Waals surface area contributed by atoms with Crippen molar-refractivity contribution in [2.75, 3.05) is 13.6 Å². The zero-order valence-electron chi connectivity index (χ0n) is 13.1. The van der Waals surface area contributed by atoms with Gasteiger partial charge in [-0.15, -0.1) is 11.3 Å². The number of hydrogen-bond donors (Lipinski definition) is 1. The molecule has 1 amide bonds. The third-order valence-electron chi connectivity index (χ3n) is 5.22. The van der Waals surface area contributed by atoms with Crippen LogP contribution in [0.25, 0.3) is 4.96 Å². The van der Waals surface area contributed by atoms with E-state index in [9.17, 15) is 9.59 Å². The molecule has 7 heteroatoms. The molecular formula is C16H20N4O2S. The molecule has 2 aromatic rings. The van der Waals surface area contributed by atoms with E-state index in [1.54, 1.807) is 16.7 Å². The fourth-order valence-electron chi connectivity index (χ4n) is 3.95. The van der Waals surface area contributed by atoms with Crippen molar-refractivity contribution in [2.24, 2.45) is 11.8 Å². The van der Waals surface area contributed by atoms with E-state index in [-0.39, 0.29) is 11.5 Å². The molecule has 6 nitrogen and oxygen atoms in total. The van der Waals surface area contributed by atoms with Gasteiger partial charge in [-0.05, 0) is 31.7 Å². The molecule has 1 aliphatic carbocycles. The Morgan fingerprint density at radius 2 is 2.22 bits per heavy atom. The number of nitrogens with zero attached hydrogens (tertiary/aromatic N) is 3. The van der Waals surface area contributed by atoms with Gasteiger partial charge in [0.25, 0.3) is 5.56 Å². The number of fused-ring (bicyclic) bond motifs is 2. The molecule has 0 bridgehead atoms. The molecule has 0 radical (unpaired) electrons. The van der Waals surface area contributed by atoms with Gasteiger partial charge in [-0.2, -0.15) is 0 Å². The standard InChI is InChI=1S/C16H20N4O2S/c1-19(13-4-10-6-14(21)17-8-11(10)5-13)9-12-7-15(22)20-2-3-23-16(20)18-12/h2-3,7,10-11,13H,4-6,8-9H2,1H3,(H,17,21)/t10-,11+,13-/m1/s1. The van der Waals surface area contributed by atoms with Gasteiger partial charge in [0.2, 0.25) is 5.91 Å². The molecule has 3 atom stereocenters. The number of hydrogen-bond acceptors (Lipinski definition) is 5. The number of carbonyl (C=O) groups is 1. The first kappa shape index (κ1) is 14.8. The highest BCUT2D eigenvalue weighted by Crippen LogP contribution is 2.38. The fourth-order valence-corrected chi connectivity index (χ4v) is 4.69. The molecule has 122 valence electrons. The van der Waals surface area contributed by atoms with Crippen molar-refractivity contribution in [1.29, 1.82) is 0 Å². The minimum absolute atomic E-state index is 0.0189. The van der Waals surface area contributed by atoms with Crippen LogP contribution < -0.4 is 10.9 Å². The predicted molar refractivity (Wildman–Crippen MR) is 88.4 cm³/mol. The van der Waals surface area contributed by atoms with Gasteiger partial charge in [-0.3, -0.25) is 18.9 Å². The van der Waals surface area contributed by atoms with E-state index in [0.29, 0.717) is 30.8 Å². The Morgan fingerprint density at radius 3 is 3.09 bits per heavy atom. The maximum absolute atomic E-state index is 12.1. The molecule has 0 aromatic carbocycles. The molecule has 2 aromatic heterocycles. The second-order valence-corrected chi connectivity index (χ2v) is 7.58. The van der Waals surface area contributed by atoms with E-state index in [1.165, 1.54) is 11.3 Å².